The van der Waals surface area contributed by atoms with E-state index in [2.05, 4.69) is 15.1 Å². The number of rotatable bonds is 2. The maximum atomic E-state index is 6.39. The summed E-state index contributed by atoms with van der Waals surface area (Å²) in [5.41, 5.74) is 7.78. The van der Waals surface area contributed by atoms with Crippen LogP contribution in [0.2, 0.25) is 0 Å². The van der Waals surface area contributed by atoms with Crippen molar-refractivity contribution < 1.29 is 4.52 Å². The number of hydrogen-bond acceptors (Lipinski definition) is 5. The van der Waals surface area contributed by atoms with Crippen molar-refractivity contribution in [2.75, 3.05) is 0 Å². The lowest BCUT2D eigenvalue weighted by Gasteiger charge is -2.17. The first-order chi connectivity index (χ1) is 10.3. The van der Waals surface area contributed by atoms with Crippen LogP contribution in [0.5, 0.6) is 0 Å². The van der Waals surface area contributed by atoms with E-state index in [-0.39, 0.29) is 0 Å². The Bertz CT molecular complexity index is 784. The van der Waals surface area contributed by atoms with Gasteiger partial charge in [-0.05, 0) is 31.0 Å². The highest BCUT2D eigenvalue weighted by molar-refractivity contribution is 5.92. The van der Waals surface area contributed by atoms with Gasteiger partial charge in [-0.15, -0.1) is 0 Å². The van der Waals surface area contributed by atoms with Crippen LogP contribution in [0.3, 0.4) is 0 Å². The molecule has 1 aliphatic carbocycles. The molecule has 0 spiro atoms. The fraction of sp³-hybridized carbons (Fsp3) is 0.312. The van der Waals surface area contributed by atoms with Gasteiger partial charge in [0.25, 0.3) is 5.89 Å². The maximum absolute atomic E-state index is 6.39. The Labute approximate surface area is 122 Å². The van der Waals surface area contributed by atoms with Crippen LogP contribution in [0.15, 0.2) is 41.1 Å². The number of aromatic nitrogens is 3. The minimum Gasteiger partial charge on any atom is -0.334 e. The summed E-state index contributed by atoms with van der Waals surface area (Å²) in [6.07, 6.45) is 5.86. The summed E-state index contributed by atoms with van der Waals surface area (Å²) in [4.78, 5) is 8.90. The molecule has 1 aliphatic rings. The lowest BCUT2D eigenvalue weighted by molar-refractivity contribution is 0.373. The van der Waals surface area contributed by atoms with Crippen molar-refractivity contribution in [1.29, 1.82) is 0 Å². The molecule has 0 bridgehead atoms. The van der Waals surface area contributed by atoms with E-state index < -0.39 is 5.54 Å². The molecule has 106 valence electrons. The molecule has 0 unspecified atom stereocenters. The number of pyridine rings is 1. The Balaban J connectivity index is 1.81. The van der Waals surface area contributed by atoms with E-state index in [0.717, 1.165) is 42.1 Å². The van der Waals surface area contributed by atoms with E-state index in [1.165, 1.54) is 0 Å². The van der Waals surface area contributed by atoms with Crippen molar-refractivity contribution >= 4 is 10.9 Å². The average Bonchev–Trinajstić information content (AvgIpc) is 3.16. The Morgan fingerprint density at radius 2 is 1.95 bits per heavy atom. The normalized spacial score (nSPS) is 17.4. The van der Waals surface area contributed by atoms with Gasteiger partial charge in [-0.3, -0.25) is 4.98 Å². The van der Waals surface area contributed by atoms with Crippen LogP contribution in [-0.4, -0.2) is 15.1 Å². The van der Waals surface area contributed by atoms with Gasteiger partial charge < -0.3 is 10.3 Å². The highest BCUT2D eigenvalue weighted by Gasteiger charge is 2.36. The number of hydrogen-bond donors (Lipinski definition) is 1. The molecule has 2 aromatic heterocycles. The van der Waals surface area contributed by atoms with Gasteiger partial charge in [0.2, 0.25) is 0 Å². The molecule has 2 N–H and O–H groups in total. The lowest BCUT2D eigenvalue weighted by atomic mass is 9.98. The van der Waals surface area contributed by atoms with Crippen molar-refractivity contribution in [3.8, 4) is 11.5 Å². The fourth-order valence-electron chi connectivity index (χ4n) is 3.05. The Kier molecular flexibility index (Phi) is 2.75. The van der Waals surface area contributed by atoms with Crippen LogP contribution in [0, 0.1) is 0 Å². The highest BCUT2D eigenvalue weighted by Crippen LogP contribution is 2.36. The molecule has 1 saturated carbocycles. The fourth-order valence-corrected chi connectivity index (χ4v) is 3.05. The monoisotopic (exact) mass is 280 g/mol. The first kappa shape index (κ1) is 12.5. The van der Waals surface area contributed by atoms with Crippen molar-refractivity contribution in [1.82, 2.24) is 15.1 Å². The summed E-state index contributed by atoms with van der Waals surface area (Å²) in [6.45, 7) is 0. The van der Waals surface area contributed by atoms with Crippen LogP contribution in [0.1, 0.15) is 31.5 Å². The predicted octanol–water partition coefficient (Wildman–Crippen LogP) is 3.01. The van der Waals surface area contributed by atoms with Crippen molar-refractivity contribution in [2.45, 2.75) is 31.2 Å². The lowest BCUT2D eigenvalue weighted by Crippen LogP contribution is -2.34. The summed E-state index contributed by atoms with van der Waals surface area (Å²) >= 11 is 0. The standard InChI is InChI=1S/C16H16N4O/c17-16(8-1-2-9-16)15-19-14(21-20-15)12-5-3-7-13-11(12)6-4-10-18-13/h3-7,10H,1-2,8-9,17H2. The number of nitrogens with two attached hydrogens (primary N) is 1. The minimum atomic E-state index is -0.426. The quantitative estimate of drug-likeness (QED) is 0.780. The molecule has 0 radical (unpaired) electrons. The van der Waals surface area contributed by atoms with E-state index >= 15 is 0 Å². The molecule has 1 fully saturated rings. The van der Waals surface area contributed by atoms with Gasteiger partial charge in [-0.1, -0.05) is 30.1 Å². The third-order valence-electron chi connectivity index (χ3n) is 4.24. The van der Waals surface area contributed by atoms with E-state index in [4.69, 9.17) is 10.3 Å². The molecule has 0 saturated heterocycles. The maximum Gasteiger partial charge on any atom is 0.258 e. The highest BCUT2D eigenvalue weighted by atomic mass is 16.5. The van der Waals surface area contributed by atoms with E-state index in [1.54, 1.807) is 6.20 Å². The molecule has 1 aromatic carbocycles. The molecule has 2 heterocycles. The summed E-state index contributed by atoms with van der Waals surface area (Å²) in [7, 11) is 0. The molecule has 0 atom stereocenters. The molecule has 5 heteroatoms. The molecule has 5 nitrogen and oxygen atoms in total. The van der Waals surface area contributed by atoms with Gasteiger partial charge in [0.1, 0.15) is 0 Å². The molecular formula is C16H16N4O. The molecule has 0 aliphatic heterocycles. The minimum absolute atomic E-state index is 0.426. The second kappa shape index (κ2) is 4.63. The first-order valence-electron chi connectivity index (χ1n) is 7.23. The van der Waals surface area contributed by atoms with E-state index in [9.17, 15) is 0 Å². The summed E-state index contributed by atoms with van der Waals surface area (Å²) < 4.78 is 5.47. The molecule has 0 amide bonds. The Morgan fingerprint density at radius 1 is 1.10 bits per heavy atom. The zero-order chi connectivity index (χ0) is 14.3. The van der Waals surface area contributed by atoms with E-state index in [1.807, 2.05) is 30.3 Å². The van der Waals surface area contributed by atoms with E-state index in [0.29, 0.717) is 11.7 Å². The van der Waals surface area contributed by atoms with Crippen LogP contribution in [-0.2, 0) is 5.54 Å². The summed E-state index contributed by atoms with van der Waals surface area (Å²) in [6, 6.07) is 9.80. The predicted molar refractivity (Wildman–Crippen MR) is 79.4 cm³/mol. The topological polar surface area (TPSA) is 77.8 Å². The third kappa shape index (κ3) is 2.01. The molecule has 21 heavy (non-hydrogen) atoms. The summed E-state index contributed by atoms with van der Waals surface area (Å²) in [5.74, 6) is 1.14. The van der Waals surface area contributed by atoms with Crippen LogP contribution >= 0.6 is 0 Å². The first-order valence-corrected chi connectivity index (χ1v) is 7.23. The smallest absolute Gasteiger partial charge is 0.258 e. The summed E-state index contributed by atoms with van der Waals surface area (Å²) in [5, 5.41) is 5.13. The van der Waals surface area contributed by atoms with Gasteiger partial charge in [-0.2, -0.15) is 4.98 Å². The zero-order valence-electron chi connectivity index (χ0n) is 11.6. The SMILES string of the molecule is NC1(c2noc(-c3cccc4ncccc34)n2)CCCC1. The zero-order valence-corrected chi connectivity index (χ0v) is 11.6. The Hall–Kier alpha value is -2.27. The number of fused-ring (bicyclic) bond motifs is 1. The van der Waals surface area contributed by atoms with Gasteiger partial charge in [0, 0.05) is 17.1 Å². The number of nitrogens with zero attached hydrogens (tertiary/aromatic N) is 3. The van der Waals surface area contributed by atoms with Gasteiger partial charge >= 0.3 is 0 Å². The second-order valence-electron chi connectivity index (χ2n) is 5.66. The van der Waals surface area contributed by atoms with Crippen molar-refractivity contribution in [2.24, 2.45) is 5.73 Å². The third-order valence-corrected chi connectivity index (χ3v) is 4.24. The Morgan fingerprint density at radius 3 is 2.81 bits per heavy atom. The number of benzene rings is 1. The van der Waals surface area contributed by atoms with Crippen LogP contribution < -0.4 is 5.73 Å². The van der Waals surface area contributed by atoms with Crippen LogP contribution in [0.25, 0.3) is 22.4 Å². The van der Waals surface area contributed by atoms with Gasteiger partial charge in [0.15, 0.2) is 5.82 Å². The van der Waals surface area contributed by atoms with Crippen molar-refractivity contribution in [3.63, 3.8) is 0 Å². The van der Waals surface area contributed by atoms with Gasteiger partial charge in [0.05, 0.1) is 11.1 Å². The van der Waals surface area contributed by atoms with Gasteiger partial charge in [-0.25, -0.2) is 0 Å². The molecular weight excluding hydrogens is 264 g/mol. The second-order valence-corrected chi connectivity index (χ2v) is 5.66. The van der Waals surface area contributed by atoms with Crippen molar-refractivity contribution in [3.05, 3.63) is 42.4 Å². The average molecular weight is 280 g/mol. The molecule has 3 aromatic rings. The molecule has 4 rings (SSSR count). The largest absolute Gasteiger partial charge is 0.334 e. The van der Waals surface area contributed by atoms with Crippen LogP contribution in [0.4, 0.5) is 0 Å².